The van der Waals surface area contributed by atoms with Crippen molar-refractivity contribution in [2.45, 2.75) is 6.92 Å². The van der Waals surface area contributed by atoms with Crippen LogP contribution in [0.3, 0.4) is 0 Å². The Bertz CT molecular complexity index is 128. The zero-order valence-corrected chi connectivity index (χ0v) is 8.34. The quantitative estimate of drug-likeness (QED) is 0.313. The van der Waals surface area contributed by atoms with Gasteiger partial charge in [0.25, 0.3) is 0 Å². The Kier molecular flexibility index (Phi) is 8.89. The van der Waals surface area contributed by atoms with E-state index in [1.54, 1.807) is 0 Å². The van der Waals surface area contributed by atoms with Gasteiger partial charge >= 0.3 is 41.5 Å². The van der Waals surface area contributed by atoms with E-state index in [1.165, 1.54) is 14.0 Å². The summed E-state index contributed by atoms with van der Waals surface area (Å²) < 4.78 is 8.47. The fourth-order valence-corrected chi connectivity index (χ4v) is 0.219. The van der Waals surface area contributed by atoms with Crippen molar-refractivity contribution in [3.8, 4) is 0 Å². The standard InChI is InChI=1S/C5H8O4.Na.H/c1-4(6)9-3-5(7)8-2;;/h3H2,1-2H3;;/q;+1;-1. The van der Waals surface area contributed by atoms with Crippen LogP contribution in [0.15, 0.2) is 0 Å². The van der Waals surface area contributed by atoms with Gasteiger partial charge in [-0.1, -0.05) is 0 Å². The van der Waals surface area contributed by atoms with Gasteiger partial charge in [-0.3, -0.25) is 4.79 Å². The molecule has 0 aromatic rings. The van der Waals surface area contributed by atoms with Crippen LogP contribution in [0.4, 0.5) is 0 Å². The minimum Gasteiger partial charge on any atom is -1.00 e. The second-order valence-electron chi connectivity index (χ2n) is 1.36. The van der Waals surface area contributed by atoms with Crippen LogP contribution in [0.5, 0.6) is 0 Å². The van der Waals surface area contributed by atoms with Crippen molar-refractivity contribution < 1.29 is 50.0 Å². The normalized spacial score (nSPS) is 7.40. The Morgan fingerprint density at radius 2 is 2.00 bits per heavy atom. The first-order valence-corrected chi connectivity index (χ1v) is 2.37. The third-order valence-electron chi connectivity index (χ3n) is 0.621. The van der Waals surface area contributed by atoms with Crippen molar-refractivity contribution in [3.63, 3.8) is 0 Å². The van der Waals surface area contributed by atoms with Crippen molar-refractivity contribution >= 4 is 11.9 Å². The van der Waals surface area contributed by atoms with Crippen molar-refractivity contribution in [1.29, 1.82) is 0 Å². The van der Waals surface area contributed by atoms with Gasteiger partial charge in [-0.05, 0) is 0 Å². The van der Waals surface area contributed by atoms with Gasteiger partial charge in [0.2, 0.25) is 0 Å². The van der Waals surface area contributed by atoms with Crippen LogP contribution >= 0.6 is 0 Å². The van der Waals surface area contributed by atoms with E-state index in [1.807, 2.05) is 0 Å². The number of methoxy groups -OCH3 is 1. The molecule has 0 heterocycles. The number of ether oxygens (including phenoxy) is 2. The summed E-state index contributed by atoms with van der Waals surface area (Å²) in [5.74, 6) is -1.04. The van der Waals surface area contributed by atoms with Gasteiger partial charge in [-0.15, -0.1) is 0 Å². The van der Waals surface area contributed by atoms with Gasteiger partial charge in [0.1, 0.15) is 0 Å². The summed E-state index contributed by atoms with van der Waals surface area (Å²) in [6.45, 7) is 0.925. The molecule has 0 aromatic carbocycles. The molecule has 5 heteroatoms. The first-order chi connectivity index (χ1) is 4.16. The molecule has 0 bridgehead atoms. The van der Waals surface area contributed by atoms with Gasteiger partial charge < -0.3 is 10.9 Å². The van der Waals surface area contributed by atoms with Crippen LogP contribution in [0.2, 0.25) is 0 Å². The average Bonchev–Trinajstić information content (AvgIpc) is 1.83. The Labute approximate surface area is 82.6 Å². The van der Waals surface area contributed by atoms with Crippen LogP contribution in [0, 0.1) is 0 Å². The van der Waals surface area contributed by atoms with E-state index in [0.717, 1.165) is 0 Å². The summed E-state index contributed by atoms with van der Waals surface area (Å²) in [6, 6.07) is 0. The molecule has 0 radical (unpaired) electrons. The predicted molar refractivity (Wildman–Crippen MR) is 29.8 cm³/mol. The Morgan fingerprint density at radius 1 is 1.50 bits per heavy atom. The summed E-state index contributed by atoms with van der Waals surface area (Å²) in [5, 5.41) is 0. The fourth-order valence-electron chi connectivity index (χ4n) is 0.219. The number of hydrogen-bond acceptors (Lipinski definition) is 4. The molecule has 0 spiro atoms. The van der Waals surface area contributed by atoms with Crippen LogP contribution in [-0.2, 0) is 19.1 Å². The molecular formula is C5H9NaO4. The third kappa shape index (κ3) is 7.94. The number of hydrogen-bond donors (Lipinski definition) is 0. The maximum Gasteiger partial charge on any atom is 1.00 e. The molecule has 0 aliphatic heterocycles. The van der Waals surface area contributed by atoms with E-state index in [2.05, 4.69) is 9.47 Å². The molecule has 0 saturated carbocycles. The first-order valence-electron chi connectivity index (χ1n) is 2.37. The van der Waals surface area contributed by atoms with Gasteiger partial charge in [0, 0.05) is 6.92 Å². The van der Waals surface area contributed by atoms with E-state index in [9.17, 15) is 9.59 Å². The van der Waals surface area contributed by atoms with Crippen LogP contribution in [0.1, 0.15) is 8.35 Å². The van der Waals surface area contributed by atoms with E-state index >= 15 is 0 Å². The SMILES string of the molecule is COC(=O)COC(C)=O.[H-].[Na+]. The Hall–Kier alpha value is -0.0600. The van der Waals surface area contributed by atoms with Gasteiger partial charge in [-0.2, -0.15) is 0 Å². The predicted octanol–water partition coefficient (Wildman–Crippen LogP) is -3.16. The second kappa shape index (κ2) is 7.05. The topological polar surface area (TPSA) is 52.6 Å². The molecule has 4 nitrogen and oxygen atoms in total. The molecular weight excluding hydrogens is 147 g/mol. The van der Waals surface area contributed by atoms with Crippen LogP contribution in [0.25, 0.3) is 0 Å². The molecule has 0 N–H and O–H groups in total. The maximum absolute atomic E-state index is 10.2. The van der Waals surface area contributed by atoms with Gasteiger partial charge in [0.05, 0.1) is 7.11 Å². The zero-order chi connectivity index (χ0) is 7.28. The summed E-state index contributed by atoms with van der Waals surface area (Å²) in [7, 11) is 1.23. The van der Waals surface area contributed by atoms with Crippen molar-refractivity contribution in [2.75, 3.05) is 13.7 Å². The molecule has 0 amide bonds. The van der Waals surface area contributed by atoms with E-state index < -0.39 is 11.9 Å². The van der Waals surface area contributed by atoms with E-state index in [4.69, 9.17) is 0 Å². The van der Waals surface area contributed by atoms with Crippen LogP contribution in [-0.4, -0.2) is 25.7 Å². The molecule has 0 fully saturated rings. The summed E-state index contributed by atoms with van der Waals surface area (Å²) in [5.41, 5.74) is 0. The molecule has 0 saturated heterocycles. The Morgan fingerprint density at radius 3 is 2.30 bits per heavy atom. The van der Waals surface area contributed by atoms with Crippen molar-refractivity contribution in [1.82, 2.24) is 0 Å². The van der Waals surface area contributed by atoms with Crippen molar-refractivity contribution in [3.05, 3.63) is 0 Å². The number of rotatable bonds is 2. The molecule has 0 rings (SSSR count). The minimum atomic E-state index is -0.551. The van der Waals surface area contributed by atoms with Crippen molar-refractivity contribution in [2.24, 2.45) is 0 Å². The molecule has 10 heavy (non-hydrogen) atoms. The largest absolute Gasteiger partial charge is 1.00 e. The summed E-state index contributed by atoms with van der Waals surface area (Å²) in [6.07, 6.45) is 0. The third-order valence-corrected chi connectivity index (χ3v) is 0.621. The maximum atomic E-state index is 10.2. The molecule has 0 atom stereocenters. The number of carbonyl (C=O) groups excluding carboxylic acids is 2. The average molecular weight is 156 g/mol. The molecule has 0 aliphatic rings. The van der Waals surface area contributed by atoms with Crippen LogP contribution < -0.4 is 29.6 Å². The number of esters is 2. The van der Waals surface area contributed by atoms with Gasteiger partial charge in [0.15, 0.2) is 6.61 Å². The molecule has 0 unspecified atom stereocenters. The minimum absolute atomic E-state index is 0. The summed E-state index contributed by atoms with van der Waals surface area (Å²) >= 11 is 0. The second-order valence-corrected chi connectivity index (χ2v) is 1.36. The zero-order valence-electron chi connectivity index (χ0n) is 7.34. The summed E-state index contributed by atoms with van der Waals surface area (Å²) in [4.78, 5) is 20.3. The van der Waals surface area contributed by atoms with E-state index in [0.29, 0.717) is 0 Å². The Balaban J connectivity index is -0.000000320. The molecule has 0 aliphatic carbocycles. The van der Waals surface area contributed by atoms with Gasteiger partial charge in [-0.25, -0.2) is 4.79 Å². The molecule has 0 aromatic heterocycles. The smallest absolute Gasteiger partial charge is 1.00 e. The monoisotopic (exact) mass is 156 g/mol. The fraction of sp³-hybridized carbons (Fsp3) is 0.600. The van der Waals surface area contributed by atoms with E-state index in [-0.39, 0.29) is 37.6 Å². The molecule has 54 valence electrons. The first kappa shape index (κ1) is 12.6. The number of carbonyl (C=O) groups is 2.